The Balaban J connectivity index is 0.000000261. The second-order valence-electron chi connectivity index (χ2n) is 13.6. The fourth-order valence-electron chi connectivity index (χ4n) is 6.77. The number of phenols is 4. The second kappa shape index (κ2) is 16.8. The first-order valence-electron chi connectivity index (χ1n) is 17.5. The number of phenolic OH excluding ortho intramolecular Hbond substituents is 4. The van der Waals surface area contributed by atoms with Crippen molar-refractivity contribution in [3.8, 4) is 23.0 Å². The van der Waals surface area contributed by atoms with Gasteiger partial charge in [-0.1, -0.05) is 100 Å². The smallest absolute Gasteiger partial charge is 0.122 e. The summed E-state index contributed by atoms with van der Waals surface area (Å²) in [4.78, 5) is 0. The van der Waals surface area contributed by atoms with Gasteiger partial charge in [0.15, 0.2) is 0 Å². The van der Waals surface area contributed by atoms with Gasteiger partial charge in [-0.3, -0.25) is 0 Å². The summed E-state index contributed by atoms with van der Waals surface area (Å²) in [6.07, 6.45) is 7.49. The van der Waals surface area contributed by atoms with E-state index in [9.17, 15) is 20.4 Å². The molecule has 4 nitrogen and oxygen atoms in total. The molecule has 4 rings (SSSR count). The van der Waals surface area contributed by atoms with Crippen LogP contribution in [-0.4, -0.2) is 20.4 Å². The summed E-state index contributed by atoms with van der Waals surface area (Å²) < 4.78 is 0. The van der Waals surface area contributed by atoms with E-state index in [1.54, 1.807) is 0 Å². The minimum Gasteiger partial charge on any atom is -0.507 e. The van der Waals surface area contributed by atoms with Crippen molar-refractivity contribution < 1.29 is 20.4 Å². The zero-order valence-electron chi connectivity index (χ0n) is 30.5. The molecule has 0 unspecified atom stereocenters. The molecule has 4 N–H and O–H groups in total. The summed E-state index contributed by atoms with van der Waals surface area (Å²) in [6.45, 7) is 20.4. The standard InChI is InChI=1S/C24H34O2.C19H24O2/c1-6-8-10-19-12-16(3)23(25)21(14-19)18(5)22-15-20(11-9-7-2)13-17(4)24(22)26;1-6-15(16-9-11(2)7-13(4)18(16)20)17-10-12(3)8-14(5)19(17)21/h12-15,18,25-26H,6-11H2,1-5H3;7-10,15,20-21H,6H2,1-5H3. The Bertz CT molecular complexity index is 1540. The van der Waals surface area contributed by atoms with Crippen LogP contribution in [0.3, 0.4) is 0 Å². The Hall–Kier alpha value is -3.92. The fourth-order valence-corrected chi connectivity index (χ4v) is 6.77. The molecule has 0 saturated heterocycles. The summed E-state index contributed by atoms with van der Waals surface area (Å²) in [5, 5.41) is 42.2. The minimum atomic E-state index is -0.0458. The molecule has 0 aliphatic rings. The lowest BCUT2D eigenvalue weighted by Gasteiger charge is -2.21. The van der Waals surface area contributed by atoms with Crippen LogP contribution in [0.25, 0.3) is 0 Å². The van der Waals surface area contributed by atoms with Crippen LogP contribution in [0.1, 0.15) is 138 Å². The molecule has 0 aromatic heterocycles. The topological polar surface area (TPSA) is 80.9 Å². The minimum absolute atomic E-state index is 0.00204. The molecule has 0 saturated carbocycles. The van der Waals surface area contributed by atoms with Gasteiger partial charge >= 0.3 is 0 Å². The van der Waals surface area contributed by atoms with Crippen LogP contribution in [0.2, 0.25) is 0 Å². The van der Waals surface area contributed by atoms with Gasteiger partial charge in [0.05, 0.1) is 0 Å². The largest absolute Gasteiger partial charge is 0.507 e. The molecule has 0 spiro atoms. The predicted octanol–water partition coefficient (Wildman–Crippen LogP) is 11.4. The Kier molecular flexibility index (Phi) is 13.4. The van der Waals surface area contributed by atoms with E-state index >= 15 is 0 Å². The molecule has 0 fully saturated rings. The van der Waals surface area contributed by atoms with E-state index in [1.807, 2.05) is 65.8 Å². The molecule has 4 aromatic carbocycles. The molecular formula is C43H58O4. The fraction of sp³-hybridized carbons (Fsp3) is 0.442. The van der Waals surface area contributed by atoms with Gasteiger partial charge in [0.1, 0.15) is 23.0 Å². The van der Waals surface area contributed by atoms with Crippen molar-refractivity contribution >= 4 is 0 Å². The number of hydrogen-bond donors (Lipinski definition) is 4. The zero-order valence-corrected chi connectivity index (χ0v) is 30.5. The lowest BCUT2D eigenvalue weighted by molar-refractivity contribution is 0.448. The van der Waals surface area contributed by atoms with E-state index in [0.29, 0.717) is 23.0 Å². The van der Waals surface area contributed by atoms with Crippen molar-refractivity contribution in [1.29, 1.82) is 0 Å². The molecule has 0 aliphatic heterocycles. The third kappa shape index (κ3) is 9.12. The third-order valence-electron chi connectivity index (χ3n) is 9.46. The van der Waals surface area contributed by atoms with E-state index in [-0.39, 0.29) is 11.8 Å². The predicted molar refractivity (Wildman–Crippen MR) is 198 cm³/mol. The van der Waals surface area contributed by atoms with E-state index in [1.165, 1.54) is 11.1 Å². The molecule has 254 valence electrons. The Labute approximate surface area is 284 Å². The summed E-state index contributed by atoms with van der Waals surface area (Å²) in [5.74, 6) is 1.34. The Morgan fingerprint density at radius 2 is 0.809 bits per heavy atom. The molecule has 0 aliphatic carbocycles. The lowest BCUT2D eigenvalue weighted by Crippen LogP contribution is -2.03. The number of unbranched alkanes of at least 4 members (excludes halogenated alkanes) is 2. The first-order valence-corrected chi connectivity index (χ1v) is 17.5. The molecule has 0 atom stereocenters. The molecule has 47 heavy (non-hydrogen) atoms. The van der Waals surface area contributed by atoms with E-state index < -0.39 is 0 Å². The number of aryl methyl sites for hydroxylation is 8. The molecule has 0 heterocycles. The van der Waals surface area contributed by atoms with Gasteiger partial charge in [-0.15, -0.1) is 0 Å². The van der Waals surface area contributed by atoms with Crippen LogP contribution in [0.4, 0.5) is 0 Å². The number of aromatic hydroxyl groups is 4. The average molecular weight is 639 g/mol. The van der Waals surface area contributed by atoms with Crippen molar-refractivity contribution in [2.24, 2.45) is 0 Å². The van der Waals surface area contributed by atoms with Crippen LogP contribution in [0.5, 0.6) is 23.0 Å². The average Bonchev–Trinajstić information content (AvgIpc) is 3.02. The molecule has 0 amide bonds. The first-order chi connectivity index (χ1) is 22.2. The maximum absolute atomic E-state index is 10.7. The first kappa shape index (κ1) is 37.5. The highest BCUT2D eigenvalue weighted by Gasteiger charge is 2.22. The maximum Gasteiger partial charge on any atom is 0.122 e. The molecule has 4 aromatic rings. The third-order valence-corrected chi connectivity index (χ3v) is 9.46. The maximum atomic E-state index is 10.7. The van der Waals surface area contributed by atoms with Gasteiger partial charge in [0, 0.05) is 34.1 Å². The van der Waals surface area contributed by atoms with Crippen molar-refractivity contribution in [3.05, 3.63) is 115 Å². The summed E-state index contributed by atoms with van der Waals surface area (Å²) in [5.41, 5.74) is 12.0. The van der Waals surface area contributed by atoms with Gasteiger partial charge in [-0.05, 0) is 107 Å². The SMILES string of the molecule is CCC(c1cc(C)cc(C)c1O)c1cc(C)cc(C)c1O.CCCCc1cc(C)c(O)c(C(C)c2cc(CCCC)cc(C)c2O)c1. The zero-order chi connectivity index (χ0) is 35.0. The summed E-state index contributed by atoms with van der Waals surface area (Å²) in [7, 11) is 0. The second-order valence-corrected chi connectivity index (χ2v) is 13.6. The number of hydrogen-bond acceptors (Lipinski definition) is 4. The van der Waals surface area contributed by atoms with Crippen LogP contribution >= 0.6 is 0 Å². The van der Waals surface area contributed by atoms with Crippen LogP contribution in [0, 0.1) is 41.5 Å². The summed E-state index contributed by atoms with van der Waals surface area (Å²) in [6, 6.07) is 16.4. The van der Waals surface area contributed by atoms with Crippen molar-refractivity contribution in [1.82, 2.24) is 0 Å². The van der Waals surface area contributed by atoms with Crippen LogP contribution in [-0.2, 0) is 12.8 Å². The Morgan fingerprint density at radius 3 is 1.15 bits per heavy atom. The molecule has 4 heteroatoms. The number of benzene rings is 4. The summed E-state index contributed by atoms with van der Waals surface area (Å²) >= 11 is 0. The quantitative estimate of drug-likeness (QED) is 0.132. The van der Waals surface area contributed by atoms with Crippen LogP contribution < -0.4 is 0 Å². The molecular weight excluding hydrogens is 580 g/mol. The van der Waals surface area contributed by atoms with Gasteiger partial charge in [-0.2, -0.15) is 0 Å². The monoisotopic (exact) mass is 638 g/mol. The van der Waals surface area contributed by atoms with Gasteiger partial charge < -0.3 is 20.4 Å². The van der Waals surface area contributed by atoms with Crippen molar-refractivity contribution in [3.63, 3.8) is 0 Å². The highest BCUT2D eigenvalue weighted by atomic mass is 16.3. The van der Waals surface area contributed by atoms with Crippen molar-refractivity contribution in [2.45, 2.75) is 126 Å². The highest BCUT2D eigenvalue weighted by Crippen LogP contribution is 2.42. The lowest BCUT2D eigenvalue weighted by atomic mass is 9.84. The van der Waals surface area contributed by atoms with Crippen LogP contribution in [0.15, 0.2) is 48.5 Å². The highest BCUT2D eigenvalue weighted by molar-refractivity contribution is 5.54. The normalized spacial score (nSPS) is 11.2. The van der Waals surface area contributed by atoms with Crippen molar-refractivity contribution in [2.75, 3.05) is 0 Å². The van der Waals surface area contributed by atoms with Gasteiger partial charge in [0.2, 0.25) is 0 Å². The van der Waals surface area contributed by atoms with Gasteiger partial charge in [-0.25, -0.2) is 0 Å². The molecule has 0 radical (unpaired) electrons. The number of rotatable bonds is 11. The Morgan fingerprint density at radius 1 is 0.468 bits per heavy atom. The van der Waals surface area contributed by atoms with E-state index in [2.05, 4.69) is 52.0 Å². The van der Waals surface area contributed by atoms with Gasteiger partial charge in [0.25, 0.3) is 0 Å². The van der Waals surface area contributed by atoms with E-state index in [0.717, 1.165) is 101 Å². The van der Waals surface area contributed by atoms with E-state index in [4.69, 9.17) is 0 Å². The molecule has 0 bridgehead atoms.